The second-order valence-corrected chi connectivity index (χ2v) is 2.47. The Morgan fingerprint density at radius 2 is 1.75 bits per heavy atom. The van der Waals surface area contributed by atoms with Crippen LogP contribution in [0.3, 0.4) is 0 Å². The Labute approximate surface area is 50.2 Å². The monoisotopic (exact) mass is 117 g/mol. The first kappa shape index (κ1) is 7.88. The first-order valence-electron chi connectivity index (χ1n) is 2.78. The Morgan fingerprint density at radius 3 is 1.75 bits per heavy atom. The van der Waals surface area contributed by atoms with Crippen LogP contribution in [0.4, 0.5) is 0 Å². The molecule has 3 nitrogen and oxygen atoms in total. The van der Waals surface area contributed by atoms with E-state index in [1.807, 2.05) is 13.8 Å². The zero-order valence-electron chi connectivity index (χ0n) is 5.52. The molecular formula is C5H15N3. The third-order valence-electron chi connectivity index (χ3n) is 1.43. The van der Waals surface area contributed by atoms with Crippen LogP contribution in [0, 0.1) is 5.92 Å². The molecule has 0 spiro atoms. The van der Waals surface area contributed by atoms with Gasteiger partial charge in [0.1, 0.15) is 0 Å². The summed E-state index contributed by atoms with van der Waals surface area (Å²) in [6, 6.07) is 0. The van der Waals surface area contributed by atoms with E-state index in [2.05, 4.69) is 0 Å². The molecule has 3 heteroatoms. The van der Waals surface area contributed by atoms with Gasteiger partial charge in [-0.05, 0) is 5.92 Å². The van der Waals surface area contributed by atoms with Crippen LogP contribution in [-0.2, 0) is 0 Å². The zero-order valence-corrected chi connectivity index (χ0v) is 5.52. The molecule has 0 fully saturated rings. The fraction of sp³-hybridized carbons (Fsp3) is 1.00. The highest BCUT2D eigenvalue weighted by atomic mass is 15.0. The third kappa shape index (κ3) is 1.78. The second-order valence-electron chi connectivity index (χ2n) is 2.47. The van der Waals surface area contributed by atoms with E-state index in [-0.39, 0.29) is 5.92 Å². The van der Waals surface area contributed by atoms with Crippen LogP contribution >= 0.6 is 0 Å². The van der Waals surface area contributed by atoms with E-state index < -0.39 is 5.66 Å². The van der Waals surface area contributed by atoms with Crippen LogP contribution in [0.25, 0.3) is 0 Å². The molecule has 0 atom stereocenters. The van der Waals surface area contributed by atoms with E-state index in [4.69, 9.17) is 17.2 Å². The topological polar surface area (TPSA) is 78.1 Å². The predicted molar refractivity (Wildman–Crippen MR) is 35.0 cm³/mol. The van der Waals surface area contributed by atoms with Crippen LogP contribution in [-0.4, -0.2) is 12.2 Å². The Morgan fingerprint density at radius 1 is 1.38 bits per heavy atom. The summed E-state index contributed by atoms with van der Waals surface area (Å²) in [5.41, 5.74) is 15.6. The van der Waals surface area contributed by atoms with Crippen LogP contribution in [0.1, 0.15) is 13.8 Å². The van der Waals surface area contributed by atoms with Gasteiger partial charge in [0.2, 0.25) is 0 Å². The van der Waals surface area contributed by atoms with Crippen molar-refractivity contribution in [2.45, 2.75) is 19.5 Å². The molecule has 0 amide bonds. The molecule has 50 valence electrons. The summed E-state index contributed by atoms with van der Waals surface area (Å²) < 4.78 is 0. The maximum absolute atomic E-state index is 5.51. The van der Waals surface area contributed by atoms with Crippen molar-refractivity contribution >= 4 is 0 Å². The van der Waals surface area contributed by atoms with Crippen molar-refractivity contribution in [3.8, 4) is 0 Å². The Hall–Kier alpha value is -0.120. The lowest BCUT2D eigenvalue weighted by Gasteiger charge is -2.26. The largest absolute Gasteiger partial charge is 0.328 e. The highest BCUT2D eigenvalue weighted by molar-refractivity contribution is 4.80. The molecule has 0 aromatic carbocycles. The second kappa shape index (κ2) is 2.44. The lowest BCUT2D eigenvalue weighted by Crippen LogP contribution is -2.59. The molecule has 0 aliphatic carbocycles. The average molecular weight is 117 g/mol. The number of hydrogen-bond acceptors (Lipinski definition) is 3. The first-order valence-corrected chi connectivity index (χ1v) is 2.78. The van der Waals surface area contributed by atoms with Gasteiger partial charge >= 0.3 is 0 Å². The molecule has 0 aromatic rings. The van der Waals surface area contributed by atoms with Crippen LogP contribution in [0.15, 0.2) is 0 Å². The minimum atomic E-state index is -0.681. The first-order chi connectivity index (χ1) is 3.50. The van der Waals surface area contributed by atoms with Gasteiger partial charge in [0.15, 0.2) is 0 Å². The Kier molecular flexibility index (Phi) is 2.40. The molecule has 0 bridgehead atoms. The van der Waals surface area contributed by atoms with Gasteiger partial charge in [0, 0.05) is 6.54 Å². The highest BCUT2D eigenvalue weighted by Gasteiger charge is 2.20. The number of rotatable bonds is 2. The van der Waals surface area contributed by atoms with E-state index in [1.54, 1.807) is 0 Å². The lowest BCUT2D eigenvalue weighted by molar-refractivity contribution is 0.330. The van der Waals surface area contributed by atoms with Gasteiger partial charge in [0.25, 0.3) is 0 Å². The van der Waals surface area contributed by atoms with Crippen molar-refractivity contribution in [2.75, 3.05) is 6.54 Å². The van der Waals surface area contributed by atoms with Crippen LogP contribution in [0.5, 0.6) is 0 Å². The molecule has 0 unspecified atom stereocenters. The molecule has 0 aliphatic rings. The summed E-state index contributed by atoms with van der Waals surface area (Å²) in [4.78, 5) is 0. The molecule has 0 radical (unpaired) electrons. The van der Waals surface area contributed by atoms with Crippen LogP contribution in [0.2, 0.25) is 0 Å². The van der Waals surface area contributed by atoms with E-state index in [0.717, 1.165) is 0 Å². The molecule has 0 heterocycles. The SMILES string of the molecule is CC(C)C(N)(N)CN. The smallest absolute Gasteiger partial charge is 0.0786 e. The summed E-state index contributed by atoms with van der Waals surface area (Å²) in [5.74, 6) is 0.243. The van der Waals surface area contributed by atoms with Crippen molar-refractivity contribution < 1.29 is 0 Å². The molecule has 0 saturated heterocycles. The molecule has 8 heavy (non-hydrogen) atoms. The maximum Gasteiger partial charge on any atom is 0.0786 e. The lowest BCUT2D eigenvalue weighted by atomic mass is 9.99. The van der Waals surface area contributed by atoms with Gasteiger partial charge in [-0.15, -0.1) is 0 Å². The van der Waals surface area contributed by atoms with E-state index in [1.165, 1.54) is 0 Å². The van der Waals surface area contributed by atoms with Gasteiger partial charge in [-0.25, -0.2) is 0 Å². The molecule has 0 aliphatic heterocycles. The van der Waals surface area contributed by atoms with E-state index in [9.17, 15) is 0 Å². The van der Waals surface area contributed by atoms with Gasteiger partial charge in [-0.3, -0.25) is 0 Å². The molecular weight excluding hydrogens is 102 g/mol. The van der Waals surface area contributed by atoms with E-state index >= 15 is 0 Å². The van der Waals surface area contributed by atoms with Crippen molar-refractivity contribution in [3.05, 3.63) is 0 Å². The van der Waals surface area contributed by atoms with Gasteiger partial charge in [-0.1, -0.05) is 13.8 Å². The average Bonchev–Trinajstić information content (AvgIpc) is 1.67. The van der Waals surface area contributed by atoms with Gasteiger partial charge < -0.3 is 17.2 Å². The number of hydrogen-bond donors (Lipinski definition) is 3. The van der Waals surface area contributed by atoms with E-state index in [0.29, 0.717) is 6.54 Å². The predicted octanol–water partition coefficient (Wildman–Crippen LogP) is -0.785. The summed E-state index contributed by atoms with van der Waals surface area (Å²) >= 11 is 0. The summed E-state index contributed by atoms with van der Waals surface area (Å²) in [6.07, 6.45) is 0. The van der Waals surface area contributed by atoms with Crippen LogP contribution < -0.4 is 17.2 Å². The normalized spacial score (nSPS) is 12.8. The standard InChI is InChI=1S/C5H15N3/c1-4(2)5(7,8)3-6/h4H,3,6-8H2,1-2H3. The number of nitrogens with two attached hydrogens (primary N) is 3. The highest BCUT2D eigenvalue weighted by Crippen LogP contribution is 2.03. The molecule has 0 rings (SSSR count). The summed E-state index contributed by atoms with van der Waals surface area (Å²) in [5, 5.41) is 0. The third-order valence-corrected chi connectivity index (χ3v) is 1.43. The minimum absolute atomic E-state index is 0.243. The molecule has 6 N–H and O–H groups in total. The maximum atomic E-state index is 5.51. The summed E-state index contributed by atoms with van der Waals surface area (Å²) in [6.45, 7) is 4.24. The van der Waals surface area contributed by atoms with Gasteiger partial charge in [0.05, 0.1) is 5.66 Å². The van der Waals surface area contributed by atoms with Crippen molar-refractivity contribution in [2.24, 2.45) is 23.1 Å². The minimum Gasteiger partial charge on any atom is -0.328 e. The Balaban J connectivity index is 3.71. The fourth-order valence-corrected chi connectivity index (χ4v) is 0.236. The zero-order chi connectivity index (χ0) is 6.78. The van der Waals surface area contributed by atoms with Crippen molar-refractivity contribution in [1.82, 2.24) is 0 Å². The quantitative estimate of drug-likeness (QED) is 0.415. The Bertz CT molecular complexity index is 68.1. The molecule has 0 aromatic heterocycles. The molecule has 0 saturated carbocycles. The van der Waals surface area contributed by atoms with Crippen molar-refractivity contribution in [3.63, 3.8) is 0 Å². The van der Waals surface area contributed by atoms with Crippen molar-refractivity contribution in [1.29, 1.82) is 0 Å². The summed E-state index contributed by atoms with van der Waals surface area (Å²) in [7, 11) is 0. The van der Waals surface area contributed by atoms with Gasteiger partial charge in [-0.2, -0.15) is 0 Å². The fourth-order valence-electron chi connectivity index (χ4n) is 0.236.